The Balaban J connectivity index is 1.88. The van der Waals surface area contributed by atoms with Crippen molar-refractivity contribution < 1.29 is 22.7 Å². The molecular formula is C17H15NO5S. The standard InChI is InChI=1S/C17H15NO5S/c1-23-17(20)12-4-2-3-11(7-12)10-24(21,22)14-5-6-15-13(8-14)9-16(19)18-15/h2-8H,9-10H2,1H3,(H,18,19). The average Bonchev–Trinajstić information content (AvgIpc) is 2.93. The summed E-state index contributed by atoms with van der Waals surface area (Å²) < 4.78 is 29.9. The van der Waals surface area contributed by atoms with Gasteiger partial charge >= 0.3 is 5.97 Å². The highest BCUT2D eigenvalue weighted by Gasteiger charge is 2.22. The molecule has 6 nitrogen and oxygen atoms in total. The third-order valence-electron chi connectivity index (χ3n) is 3.77. The molecule has 7 heteroatoms. The van der Waals surface area contributed by atoms with Crippen molar-refractivity contribution in [2.75, 3.05) is 12.4 Å². The first-order valence-electron chi connectivity index (χ1n) is 7.22. The molecule has 0 atom stereocenters. The van der Waals surface area contributed by atoms with Crippen LogP contribution in [0.5, 0.6) is 0 Å². The number of hydrogen-bond donors (Lipinski definition) is 1. The van der Waals surface area contributed by atoms with Gasteiger partial charge in [0, 0.05) is 5.69 Å². The van der Waals surface area contributed by atoms with Crippen molar-refractivity contribution in [3.05, 3.63) is 59.2 Å². The number of amides is 1. The number of benzene rings is 2. The molecule has 1 aliphatic rings. The number of methoxy groups -OCH3 is 1. The van der Waals surface area contributed by atoms with E-state index in [2.05, 4.69) is 10.1 Å². The normalized spacial score (nSPS) is 13.3. The molecule has 1 aliphatic heterocycles. The van der Waals surface area contributed by atoms with E-state index < -0.39 is 15.8 Å². The van der Waals surface area contributed by atoms with Gasteiger partial charge in [0.1, 0.15) is 0 Å². The predicted molar refractivity (Wildman–Crippen MR) is 87.4 cm³/mol. The number of ether oxygens (including phenoxy) is 1. The maximum Gasteiger partial charge on any atom is 0.337 e. The first-order valence-corrected chi connectivity index (χ1v) is 8.87. The van der Waals surface area contributed by atoms with E-state index >= 15 is 0 Å². The monoisotopic (exact) mass is 345 g/mol. The Labute approximate surface area is 139 Å². The van der Waals surface area contributed by atoms with Crippen molar-refractivity contribution in [3.63, 3.8) is 0 Å². The predicted octanol–water partition coefficient (Wildman–Crippen LogP) is 1.94. The molecular weight excluding hydrogens is 330 g/mol. The quantitative estimate of drug-likeness (QED) is 0.856. The molecule has 3 rings (SSSR count). The number of carbonyl (C=O) groups is 2. The number of sulfone groups is 1. The molecule has 0 saturated heterocycles. The second kappa shape index (κ2) is 6.09. The summed E-state index contributed by atoms with van der Waals surface area (Å²) in [6.07, 6.45) is 0.177. The topological polar surface area (TPSA) is 89.5 Å². The Bertz CT molecular complexity index is 934. The van der Waals surface area contributed by atoms with Crippen LogP contribution >= 0.6 is 0 Å². The van der Waals surface area contributed by atoms with E-state index in [-0.39, 0.29) is 23.0 Å². The van der Waals surface area contributed by atoms with Crippen molar-refractivity contribution in [3.8, 4) is 0 Å². The molecule has 0 spiro atoms. The Hall–Kier alpha value is -2.67. The lowest BCUT2D eigenvalue weighted by atomic mass is 10.1. The third-order valence-corrected chi connectivity index (χ3v) is 5.45. The van der Waals surface area contributed by atoms with Crippen molar-refractivity contribution in [1.29, 1.82) is 0 Å². The van der Waals surface area contributed by atoms with E-state index in [4.69, 9.17) is 0 Å². The van der Waals surface area contributed by atoms with Gasteiger partial charge in [-0.3, -0.25) is 4.79 Å². The zero-order valence-corrected chi connectivity index (χ0v) is 13.7. The van der Waals surface area contributed by atoms with E-state index in [0.717, 1.165) is 0 Å². The summed E-state index contributed by atoms with van der Waals surface area (Å²) in [5.41, 5.74) is 2.11. The molecule has 124 valence electrons. The number of fused-ring (bicyclic) bond motifs is 1. The van der Waals surface area contributed by atoms with Gasteiger partial charge in [0.15, 0.2) is 9.84 Å². The lowest BCUT2D eigenvalue weighted by molar-refractivity contribution is -0.115. The van der Waals surface area contributed by atoms with E-state index in [0.29, 0.717) is 22.4 Å². The number of carbonyl (C=O) groups excluding carboxylic acids is 2. The number of anilines is 1. The van der Waals surface area contributed by atoms with Gasteiger partial charge in [0.25, 0.3) is 0 Å². The number of esters is 1. The second-order valence-electron chi connectivity index (χ2n) is 5.49. The van der Waals surface area contributed by atoms with Gasteiger partial charge in [-0.15, -0.1) is 0 Å². The van der Waals surface area contributed by atoms with Gasteiger partial charge < -0.3 is 10.1 Å². The SMILES string of the molecule is COC(=O)c1cccc(CS(=O)(=O)c2ccc3c(c2)CC(=O)N3)c1. The molecule has 2 aromatic rings. The average molecular weight is 345 g/mol. The molecule has 0 aromatic heterocycles. The lowest BCUT2D eigenvalue weighted by Crippen LogP contribution is -2.07. The molecule has 1 N–H and O–H groups in total. The Morgan fingerprint density at radius 3 is 2.75 bits per heavy atom. The Kier molecular flexibility index (Phi) is 4.11. The first-order chi connectivity index (χ1) is 11.4. The van der Waals surface area contributed by atoms with Crippen LogP contribution in [0.1, 0.15) is 21.5 Å². The summed E-state index contributed by atoms with van der Waals surface area (Å²) in [6, 6.07) is 10.9. The molecule has 0 unspecified atom stereocenters. The van der Waals surface area contributed by atoms with Crippen LogP contribution < -0.4 is 5.32 Å². The fourth-order valence-corrected chi connectivity index (χ4v) is 3.99. The van der Waals surface area contributed by atoms with Crippen LogP contribution in [0.4, 0.5) is 5.69 Å². The highest BCUT2D eigenvalue weighted by molar-refractivity contribution is 7.90. The minimum Gasteiger partial charge on any atom is -0.465 e. The van der Waals surface area contributed by atoms with Crippen LogP contribution in [0.15, 0.2) is 47.4 Å². The van der Waals surface area contributed by atoms with Gasteiger partial charge in [-0.25, -0.2) is 13.2 Å². The lowest BCUT2D eigenvalue weighted by Gasteiger charge is -2.08. The molecule has 0 bridgehead atoms. The van der Waals surface area contributed by atoms with E-state index in [1.165, 1.54) is 25.3 Å². The largest absolute Gasteiger partial charge is 0.465 e. The summed E-state index contributed by atoms with van der Waals surface area (Å²) in [5.74, 6) is -0.903. The van der Waals surface area contributed by atoms with Crippen LogP contribution in [0.3, 0.4) is 0 Å². The number of rotatable bonds is 4. The number of hydrogen-bond acceptors (Lipinski definition) is 5. The molecule has 2 aromatic carbocycles. The maximum absolute atomic E-state index is 12.6. The molecule has 0 saturated carbocycles. The van der Waals surface area contributed by atoms with Crippen LogP contribution in [0, 0.1) is 0 Å². The van der Waals surface area contributed by atoms with Crippen LogP contribution in [-0.4, -0.2) is 27.4 Å². The van der Waals surface area contributed by atoms with Crippen LogP contribution in [0.2, 0.25) is 0 Å². The van der Waals surface area contributed by atoms with Crippen molar-refractivity contribution in [2.45, 2.75) is 17.1 Å². The van der Waals surface area contributed by atoms with E-state index in [9.17, 15) is 18.0 Å². The fourth-order valence-electron chi connectivity index (χ4n) is 2.61. The summed E-state index contributed by atoms with van der Waals surface area (Å²) >= 11 is 0. The third kappa shape index (κ3) is 3.16. The molecule has 24 heavy (non-hydrogen) atoms. The Morgan fingerprint density at radius 1 is 1.21 bits per heavy atom. The second-order valence-corrected chi connectivity index (χ2v) is 7.48. The highest BCUT2D eigenvalue weighted by atomic mass is 32.2. The first kappa shape index (κ1) is 16.2. The zero-order chi connectivity index (χ0) is 17.3. The van der Waals surface area contributed by atoms with Gasteiger partial charge in [0.05, 0.1) is 29.7 Å². The molecule has 0 radical (unpaired) electrons. The van der Waals surface area contributed by atoms with Crippen molar-refractivity contribution in [2.24, 2.45) is 0 Å². The van der Waals surface area contributed by atoms with Gasteiger partial charge in [0.2, 0.25) is 5.91 Å². The summed E-state index contributed by atoms with van der Waals surface area (Å²) in [6.45, 7) is 0. The summed E-state index contributed by atoms with van der Waals surface area (Å²) in [5, 5.41) is 2.67. The van der Waals surface area contributed by atoms with E-state index in [1.54, 1.807) is 24.3 Å². The summed E-state index contributed by atoms with van der Waals surface area (Å²) in [4.78, 5) is 23.1. The Morgan fingerprint density at radius 2 is 2.00 bits per heavy atom. The molecule has 0 fully saturated rings. The fraction of sp³-hybridized carbons (Fsp3) is 0.176. The summed E-state index contributed by atoms with van der Waals surface area (Å²) in [7, 11) is -2.32. The van der Waals surface area contributed by atoms with Gasteiger partial charge in [-0.2, -0.15) is 0 Å². The van der Waals surface area contributed by atoms with Crippen molar-refractivity contribution >= 4 is 27.4 Å². The zero-order valence-electron chi connectivity index (χ0n) is 12.9. The van der Waals surface area contributed by atoms with E-state index in [1.807, 2.05) is 0 Å². The van der Waals surface area contributed by atoms with Crippen LogP contribution in [-0.2, 0) is 31.5 Å². The minimum absolute atomic E-state index is 0.148. The van der Waals surface area contributed by atoms with Crippen molar-refractivity contribution in [1.82, 2.24) is 0 Å². The highest BCUT2D eigenvalue weighted by Crippen LogP contribution is 2.27. The minimum atomic E-state index is -3.59. The van der Waals surface area contributed by atoms with Gasteiger partial charge in [-0.1, -0.05) is 12.1 Å². The smallest absolute Gasteiger partial charge is 0.337 e. The molecule has 1 amide bonds. The molecule has 1 heterocycles. The van der Waals surface area contributed by atoms with Gasteiger partial charge in [-0.05, 0) is 41.5 Å². The van der Waals surface area contributed by atoms with Crippen LogP contribution in [0.25, 0.3) is 0 Å². The molecule has 0 aliphatic carbocycles. The number of nitrogens with one attached hydrogen (secondary N) is 1. The maximum atomic E-state index is 12.6.